The number of aromatic amines is 1. The van der Waals surface area contributed by atoms with Crippen LogP contribution in [0.15, 0.2) is 107 Å². The van der Waals surface area contributed by atoms with E-state index in [2.05, 4.69) is 73.0 Å². The molecule has 0 radical (unpaired) electrons. The minimum atomic E-state index is -0.858. The number of hydrogen-bond donors (Lipinski definition) is 4. The summed E-state index contributed by atoms with van der Waals surface area (Å²) in [5.74, 6) is -0.805. The number of unbranched alkanes of at least 4 members (excludes halogenated alkanes) is 4. The molecule has 3 saturated heterocycles. The number of H-pyrrole nitrogens is 1. The van der Waals surface area contributed by atoms with Crippen molar-refractivity contribution in [2.45, 2.75) is 170 Å². The van der Waals surface area contributed by atoms with Gasteiger partial charge >= 0.3 is 0 Å². The Morgan fingerprint density at radius 1 is 0.778 bits per heavy atom. The Labute approximate surface area is 535 Å². The second-order valence-electron chi connectivity index (χ2n) is 25.8. The number of ether oxygens (including phenoxy) is 2. The Hall–Kier alpha value is -7.51. The van der Waals surface area contributed by atoms with Gasteiger partial charge in [-0.05, 0) is 128 Å². The first-order valence-electron chi connectivity index (χ1n) is 32.4. The molecule has 4 aromatic carbocycles. The molecule has 5 amide bonds. The molecule has 3 atom stereocenters. The predicted octanol–water partition coefficient (Wildman–Crippen LogP) is 10.7. The number of thiazole rings is 1. The summed E-state index contributed by atoms with van der Waals surface area (Å²) in [4.78, 5) is 99.4. The zero-order chi connectivity index (χ0) is 63.9. The van der Waals surface area contributed by atoms with Gasteiger partial charge in [0.1, 0.15) is 12.1 Å². The number of piperazine rings is 1. The smallest absolute Gasteiger partial charge is 0.253 e. The molecule has 480 valence electrons. The van der Waals surface area contributed by atoms with Crippen LogP contribution >= 0.6 is 11.3 Å². The minimum Gasteiger partial charge on any atom is -0.381 e. The van der Waals surface area contributed by atoms with Crippen LogP contribution in [0.1, 0.15) is 147 Å². The third kappa shape index (κ3) is 17.7. The summed E-state index contributed by atoms with van der Waals surface area (Å²) in [6.07, 6.45) is 6.61. The van der Waals surface area contributed by atoms with Gasteiger partial charge in [-0.15, -0.1) is 11.3 Å². The molecular formula is C72H93N9O8S. The number of nitrogens with zero attached hydrogens (tertiary/aromatic N) is 5. The van der Waals surface area contributed by atoms with Crippen molar-refractivity contribution in [1.82, 2.24) is 40.6 Å². The standard InChI is InChI=1S/C72H93N9O8S/c1-9-80(58-30-36-88-37-31-58)62-40-57(39-60(50(62)4)68(84)74-43-61-48(2)38-49(3)76-69(61)85)55-26-24-53(25-27-55)44-78-32-34-79(35-33-78)65(83)21-17-12-10-11-16-20-64(82)77-67(72(6,7)8)71(87)81-45-59(89-46-54-18-14-13-15-19-54)41-63(81)70(86)73-42-52-22-28-56(29-23-52)66-51(5)75-47-90-66/h13-15,18-19,22-29,38-40,47,58-59,63,67H,9-12,16-17,20-21,30-37,41-46H2,1-8H3,(H,73,86)(H,74,84)(H,76,85)(H,77,82)/t59-,63+,67-/m1/s1. The zero-order valence-corrected chi connectivity index (χ0v) is 54.9. The Morgan fingerprint density at radius 3 is 2.12 bits per heavy atom. The number of aromatic nitrogens is 2. The largest absolute Gasteiger partial charge is 0.381 e. The molecule has 2 aromatic heterocycles. The van der Waals surface area contributed by atoms with Crippen molar-refractivity contribution < 1.29 is 33.4 Å². The average molecular weight is 1240 g/mol. The van der Waals surface area contributed by atoms with E-state index in [4.69, 9.17) is 9.47 Å². The second-order valence-corrected chi connectivity index (χ2v) is 26.6. The third-order valence-electron chi connectivity index (χ3n) is 18.1. The number of anilines is 1. The molecule has 0 bridgehead atoms. The van der Waals surface area contributed by atoms with Crippen molar-refractivity contribution in [2.24, 2.45) is 5.41 Å². The van der Waals surface area contributed by atoms with Gasteiger partial charge < -0.3 is 45.1 Å². The fourth-order valence-corrected chi connectivity index (χ4v) is 13.6. The lowest BCUT2D eigenvalue weighted by atomic mass is 9.85. The minimum absolute atomic E-state index is 0.126. The summed E-state index contributed by atoms with van der Waals surface area (Å²) >= 11 is 1.59. The number of carbonyl (C=O) groups is 5. The van der Waals surface area contributed by atoms with Crippen LogP contribution in [-0.2, 0) is 54.9 Å². The van der Waals surface area contributed by atoms with Gasteiger partial charge in [-0.2, -0.15) is 0 Å². The molecule has 5 heterocycles. The van der Waals surface area contributed by atoms with Gasteiger partial charge in [0.2, 0.25) is 23.6 Å². The van der Waals surface area contributed by atoms with Gasteiger partial charge in [0.05, 0.1) is 28.8 Å². The Morgan fingerprint density at radius 2 is 1.46 bits per heavy atom. The predicted molar refractivity (Wildman–Crippen MR) is 356 cm³/mol. The molecule has 6 aromatic rings. The molecule has 0 saturated carbocycles. The quantitative estimate of drug-likeness (QED) is 0.0377. The second kappa shape index (κ2) is 31.5. The van der Waals surface area contributed by atoms with Crippen molar-refractivity contribution in [3.63, 3.8) is 0 Å². The number of pyridine rings is 1. The molecule has 17 nitrogen and oxygen atoms in total. The lowest BCUT2D eigenvalue weighted by molar-refractivity contribution is -0.144. The number of hydrogen-bond acceptors (Lipinski definition) is 12. The molecule has 9 rings (SSSR count). The maximum atomic E-state index is 14.6. The summed E-state index contributed by atoms with van der Waals surface area (Å²) in [5.41, 5.74) is 12.8. The van der Waals surface area contributed by atoms with E-state index >= 15 is 0 Å². The van der Waals surface area contributed by atoms with Gasteiger partial charge in [0, 0.05) is 120 Å². The fraction of sp³-hybridized carbons (Fsp3) is 0.486. The van der Waals surface area contributed by atoms with Crippen LogP contribution in [0, 0.1) is 33.1 Å². The van der Waals surface area contributed by atoms with E-state index in [1.54, 1.807) is 16.2 Å². The van der Waals surface area contributed by atoms with E-state index in [0.717, 1.165) is 126 Å². The molecule has 18 heteroatoms. The van der Waals surface area contributed by atoms with Crippen LogP contribution in [0.2, 0.25) is 0 Å². The monoisotopic (exact) mass is 1240 g/mol. The lowest BCUT2D eigenvalue weighted by Crippen LogP contribution is -2.57. The van der Waals surface area contributed by atoms with Crippen LogP contribution in [-0.4, -0.2) is 131 Å². The molecule has 3 aliphatic rings. The highest BCUT2D eigenvalue weighted by Crippen LogP contribution is 2.35. The highest BCUT2D eigenvalue weighted by molar-refractivity contribution is 7.13. The van der Waals surface area contributed by atoms with Gasteiger partial charge in [-0.25, -0.2) is 4.98 Å². The van der Waals surface area contributed by atoms with Crippen LogP contribution in [0.3, 0.4) is 0 Å². The number of amides is 5. The van der Waals surface area contributed by atoms with Gasteiger partial charge in [-0.1, -0.05) is 119 Å². The summed E-state index contributed by atoms with van der Waals surface area (Å²) < 4.78 is 12.1. The topological polar surface area (TPSA) is 199 Å². The SMILES string of the molecule is CCN(c1cc(-c2ccc(CN3CCN(C(=O)CCCCCCCC(=O)N[C@H](C(=O)N4C[C@H](OCc5ccccc5)C[C@H]4C(=O)NCc4ccc(-c5scnc5C)cc4)C(C)(C)C)CC3)cc2)cc(C(=O)NCc2c(C)cc(C)[nH]c2=O)c1C)C1CCOCC1. The summed E-state index contributed by atoms with van der Waals surface area (Å²) in [7, 11) is 0. The summed E-state index contributed by atoms with van der Waals surface area (Å²) in [5, 5.41) is 9.22. The first-order valence-corrected chi connectivity index (χ1v) is 33.3. The molecule has 3 fully saturated rings. The lowest BCUT2D eigenvalue weighted by Gasteiger charge is -2.37. The van der Waals surface area contributed by atoms with Crippen LogP contribution in [0.25, 0.3) is 21.6 Å². The maximum absolute atomic E-state index is 14.6. The van der Waals surface area contributed by atoms with Crippen LogP contribution < -0.4 is 26.4 Å². The van der Waals surface area contributed by atoms with Gasteiger partial charge in [-0.3, -0.25) is 33.7 Å². The Kier molecular flexibility index (Phi) is 23.4. The van der Waals surface area contributed by atoms with E-state index in [9.17, 15) is 28.8 Å². The van der Waals surface area contributed by atoms with Gasteiger partial charge in [0.25, 0.3) is 11.5 Å². The number of benzene rings is 4. The number of likely N-dealkylation sites (tertiary alicyclic amines) is 1. The number of rotatable bonds is 26. The van der Waals surface area contributed by atoms with Gasteiger partial charge in [0.15, 0.2) is 0 Å². The number of nitrogens with one attached hydrogen (secondary N) is 4. The first kappa shape index (κ1) is 66.9. The van der Waals surface area contributed by atoms with Crippen molar-refractivity contribution >= 4 is 46.6 Å². The third-order valence-corrected chi connectivity index (χ3v) is 19.0. The number of carbonyl (C=O) groups excluding carboxylic acids is 5. The highest BCUT2D eigenvalue weighted by atomic mass is 32.1. The van der Waals surface area contributed by atoms with E-state index in [-0.39, 0.29) is 60.7 Å². The summed E-state index contributed by atoms with van der Waals surface area (Å²) in [6.45, 7) is 22.6. The van der Waals surface area contributed by atoms with E-state index in [1.807, 2.05) is 126 Å². The van der Waals surface area contributed by atoms with Crippen molar-refractivity contribution in [2.75, 3.05) is 57.4 Å². The Bertz CT molecular complexity index is 3460. The van der Waals surface area contributed by atoms with Crippen LogP contribution in [0.5, 0.6) is 0 Å². The maximum Gasteiger partial charge on any atom is 0.253 e. The van der Waals surface area contributed by atoms with Crippen LogP contribution in [0.4, 0.5) is 5.69 Å². The zero-order valence-electron chi connectivity index (χ0n) is 54.1. The van der Waals surface area contributed by atoms with E-state index < -0.39 is 17.5 Å². The Balaban J connectivity index is 0.712. The number of aryl methyl sites for hydroxylation is 3. The highest BCUT2D eigenvalue weighted by Gasteiger charge is 2.45. The molecule has 0 aliphatic carbocycles. The first-order chi connectivity index (χ1) is 43.3. The molecular weight excluding hydrogens is 1150 g/mol. The fourth-order valence-electron chi connectivity index (χ4n) is 12.8. The van der Waals surface area contributed by atoms with Crippen molar-refractivity contribution in [1.29, 1.82) is 0 Å². The van der Waals surface area contributed by atoms with E-state index in [0.29, 0.717) is 75.9 Å². The normalized spacial score (nSPS) is 16.8. The molecule has 0 unspecified atom stereocenters. The van der Waals surface area contributed by atoms with Crippen molar-refractivity contribution in [3.05, 3.63) is 163 Å². The summed E-state index contributed by atoms with van der Waals surface area (Å²) in [6, 6.07) is 31.3. The van der Waals surface area contributed by atoms with E-state index in [1.165, 1.54) is 5.56 Å². The molecule has 90 heavy (non-hydrogen) atoms. The molecule has 0 spiro atoms. The average Bonchev–Trinajstić information content (AvgIpc) is 1.16. The molecule has 3 aliphatic heterocycles. The molecule has 4 N–H and O–H groups in total. The van der Waals surface area contributed by atoms with Crippen molar-refractivity contribution in [3.8, 4) is 21.6 Å².